The van der Waals surface area contributed by atoms with Gasteiger partial charge in [-0.15, -0.1) is 11.3 Å². The van der Waals surface area contributed by atoms with Gasteiger partial charge < -0.3 is 10.3 Å². The summed E-state index contributed by atoms with van der Waals surface area (Å²) in [4.78, 5) is 35.4. The molecule has 0 saturated heterocycles. The first-order valence-corrected chi connectivity index (χ1v) is 13.1. The van der Waals surface area contributed by atoms with E-state index in [1.165, 1.54) is 0 Å². The Labute approximate surface area is 226 Å². The lowest BCUT2D eigenvalue weighted by Crippen LogP contribution is -2.14. The molecule has 188 valence electrons. The number of anilines is 1. The fourth-order valence-corrected chi connectivity index (χ4v) is 5.25. The highest BCUT2D eigenvalue weighted by molar-refractivity contribution is 7.13. The zero-order valence-corrected chi connectivity index (χ0v) is 21.2. The van der Waals surface area contributed by atoms with E-state index in [0.29, 0.717) is 22.9 Å². The molecule has 6 aromatic heterocycles. The maximum atomic E-state index is 12.6. The minimum atomic E-state index is -0.109. The lowest BCUT2D eigenvalue weighted by Gasteiger charge is -2.07. The van der Waals surface area contributed by atoms with Crippen LogP contribution in [0, 0.1) is 0 Å². The molecule has 10 heteroatoms. The molecule has 1 aromatic carbocycles. The van der Waals surface area contributed by atoms with Gasteiger partial charge in [0, 0.05) is 23.3 Å². The number of carbonyl (C=O) groups excluding carboxylic acids is 1. The summed E-state index contributed by atoms with van der Waals surface area (Å²) in [7, 11) is 0. The molecule has 39 heavy (non-hydrogen) atoms. The maximum Gasteiger partial charge on any atom is 0.228 e. The van der Waals surface area contributed by atoms with Crippen LogP contribution in [-0.4, -0.2) is 41.0 Å². The number of rotatable bonds is 6. The van der Waals surface area contributed by atoms with Crippen LogP contribution in [0.25, 0.3) is 55.3 Å². The van der Waals surface area contributed by atoms with Crippen LogP contribution >= 0.6 is 11.3 Å². The van der Waals surface area contributed by atoms with Gasteiger partial charge in [-0.2, -0.15) is 5.10 Å². The second-order valence-electron chi connectivity index (χ2n) is 8.98. The molecule has 7 aromatic rings. The summed E-state index contributed by atoms with van der Waals surface area (Å²) in [5, 5.41) is 13.4. The van der Waals surface area contributed by atoms with Crippen LogP contribution in [0.3, 0.4) is 0 Å². The van der Waals surface area contributed by atoms with Crippen molar-refractivity contribution in [1.29, 1.82) is 0 Å². The molecule has 1 amide bonds. The summed E-state index contributed by atoms with van der Waals surface area (Å²) in [6.07, 6.45) is 7.16. The predicted octanol–water partition coefficient (Wildman–Crippen LogP) is 5.87. The summed E-state index contributed by atoms with van der Waals surface area (Å²) >= 11 is 1.63. The Balaban J connectivity index is 1.21. The van der Waals surface area contributed by atoms with Crippen molar-refractivity contribution in [3.05, 3.63) is 96.4 Å². The molecule has 3 N–H and O–H groups in total. The van der Waals surface area contributed by atoms with Crippen molar-refractivity contribution in [3.63, 3.8) is 0 Å². The summed E-state index contributed by atoms with van der Waals surface area (Å²) < 4.78 is 0. The SMILES string of the molecule is O=C(Cc1ccccc1)Nc1cncc(-c2cc3c(-c4nc5c(-c6cccs6)nccc5[nH]4)n[nH]c3cn2)c1. The van der Waals surface area contributed by atoms with Crippen molar-refractivity contribution in [2.75, 3.05) is 5.32 Å². The molecule has 0 saturated carbocycles. The third-order valence-corrected chi connectivity index (χ3v) is 7.23. The van der Waals surface area contributed by atoms with E-state index in [1.807, 2.05) is 66.0 Å². The molecule has 7 rings (SSSR count). The number of aromatic amines is 2. The van der Waals surface area contributed by atoms with E-state index in [-0.39, 0.29) is 12.3 Å². The number of hydrogen-bond donors (Lipinski definition) is 3. The number of benzene rings is 1. The van der Waals surface area contributed by atoms with Crippen LogP contribution in [0.5, 0.6) is 0 Å². The molecule has 0 atom stereocenters. The van der Waals surface area contributed by atoms with Crippen molar-refractivity contribution >= 4 is 44.9 Å². The summed E-state index contributed by atoms with van der Waals surface area (Å²) in [5.74, 6) is 0.529. The molecule has 0 aliphatic rings. The van der Waals surface area contributed by atoms with Crippen LogP contribution in [0.1, 0.15) is 5.56 Å². The molecule has 0 fully saturated rings. The van der Waals surface area contributed by atoms with Crippen LogP contribution < -0.4 is 5.32 Å². The topological polar surface area (TPSA) is 125 Å². The molecule has 0 spiro atoms. The van der Waals surface area contributed by atoms with Crippen molar-refractivity contribution in [2.24, 2.45) is 0 Å². The second kappa shape index (κ2) is 9.58. The Morgan fingerprint density at radius 3 is 2.72 bits per heavy atom. The molecule has 9 nitrogen and oxygen atoms in total. The van der Waals surface area contributed by atoms with E-state index in [0.717, 1.165) is 43.6 Å². The van der Waals surface area contributed by atoms with Crippen LogP contribution in [0.4, 0.5) is 5.69 Å². The zero-order valence-electron chi connectivity index (χ0n) is 20.4. The summed E-state index contributed by atoms with van der Waals surface area (Å²) in [6, 6.07) is 19.4. The number of amides is 1. The average molecular weight is 529 g/mol. The third kappa shape index (κ3) is 4.42. The first-order valence-electron chi connectivity index (χ1n) is 12.2. The van der Waals surface area contributed by atoms with Gasteiger partial charge in [-0.3, -0.25) is 24.8 Å². The molecular formula is C29H20N8OS. The van der Waals surface area contributed by atoms with E-state index in [1.54, 1.807) is 36.1 Å². The first kappa shape index (κ1) is 22.9. The number of carbonyl (C=O) groups is 1. The molecule has 0 radical (unpaired) electrons. The first-order chi connectivity index (χ1) is 19.2. The standard InChI is InChI=1S/C29H20N8OS/c38-25(11-17-5-2-1-3-6-17)33-19-12-18(14-30-15-19)22-13-20-23(16-32-22)36-37-26(20)29-34-21-8-9-31-28(27(21)35-29)24-7-4-10-39-24/h1-10,12-16H,11H2,(H,33,38)(H,34,35)(H,36,37). The van der Waals surface area contributed by atoms with Gasteiger partial charge in [0.15, 0.2) is 5.82 Å². The Morgan fingerprint density at radius 2 is 1.85 bits per heavy atom. The van der Waals surface area contributed by atoms with Crippen molar-refractivity contribution < 1.29 is 4.79 Å². The van der Waals surface area contributed by atoms with Crippen LogP contribution in [0.15, 0.2) is 90.8 Å². The molecule has 0 bridgehead atoms. The summed E-state index contributed by atoms with van der Waals surface area (Å²) in [6.45, 7) is 0. The Kier molecular flexibility index (Phi) is 5.64. The van der Waals surface area contributed by atoms with E-state index < -0.39 is 0 Å². The number of imidazole rings is 1. The van der Waals surface area contributed by atoms with Gasteiger partial charge in [0.25, 0.3) is 0 Å². The second-order valence-corrected chi connectivity index (χ2v) is 9.93. The van der Waals surface area contributed by atoms with Gasteiger partial charge in [-0.05, 0) is 35.2 Å². The normalized spacial score (nSPS) is 11.3. The van der Waals surface area contributed by atoms with Crippen molar-refractivity contribution in [3.8, 4) is 33.3 Å². The van der Waals surface area contributed by atoms with Gasteiger partial charge in [0.2, 0.25) is 5.91 Å². The average Bonchev–Trinajstić information content (AvgIpc) is 3.73. The van der Waals surface area contributed by atoms with Gasteiger partial charge >= 0.3 is 0 Å². The number of hydrogen-bond acceptors (Lipinski definition) is 7. The Hall–Kier alpha value is -5.22. The fraction of sp³-hybridized carbons (Fsp3) is 0.0345. The molecule has 0 unspecified atom stereocenters. The van der Waals surface area contributed by atoms with Crippen molar-refractivity contribution in [2.45, 2.75) is 6.42 Å². The number of thiophene rings is 1. The minimum Gasteiger partial charge on any atom is -0.336 e. The highest BCUT2D eigenvalue weighted by Gasteiger charge is 2.17. The lowest BCUT2D eigenvalue weighted by atomic mass is 10.1. The fourth-order valence-electron chi connectivity index (χ4n) is 4.53. The van der Waals surface area contributed by atoms with E-state index in [9.17, 15) is 4.79 Å². The van der Waals surface area contributed by atoms with Gasteiger partial charge in [0.05, 0.1) is 46.1 Å². The highest BCUT2D eigenvalue weighted by Crippen LogP contribution is 2.33. The molecular weight excluding hydrogens is 508 g/mol. The number of pyridine rings is 3. The summed E-state index contributed by atoms with van der Waals surface area (Å²) in [5.41, 5.74) is 7.01. The monoisotopic (exact) mass is 528 g/mol. The third-order valence-electron chi connectivity index (χ3n) is 6.35. The van der Waals surface area contributed by atoms with Crippen molar-refractivity contribution in [1.82, 2.24) is 35.1 Å². The molecule has 0 aliphatic carbocycles. The van der Waals surface area contributed by atoms with Gasteiger partial charge in [-0.25, -0.2) is 4.98 Å². The van der Waals surface area contributed by atoms with Crippen LogP contribution in [-0.2, 0) is 11.2 Å². The minimum absolute atomic E-state index is 0.109. The predicted molar refractivity (Wildman–Crippen MR) is 152 cm³/mol. The number of H-pyrrole nitrogens is 2. The van der Waals surface area contributed by atoms with E-state index in [4.69, 9.17) is 4.98 Å². The van der Waals surface area contributed by atoms with Crippen LogP contribution in [0.2, 0.25) is 0 Å². The Morgan fingerprint density at radius 1 is 0.923 bits per heavy atom. The number of fused-ring (bicyclic) bond motifs is 2. The van der Waals surface area contributed by atoms with E-state index >= 15 is 0 Å². The maximum absolute atomic E-state index is 12.6. The number of nitrogens with zero attached hydrogens (tertiary/aromatic N) is 5. The lowest BCUT2D eigenvalue weighted by molar-refractivity contribution is -0.115. The number of nitrogens with one attached hydrogen (secondary N) is 3. The largest absolute Gasteiger partial charge is 0.336 e. The van der Waals surface area contributed by atoms with E-state index in [2.05, 4.69) is 35.5 Å². The van der Waals surface area contributed by atoms with Gasteiger partial charge in [-0.1, -0.05) is 36.4 Å². The molecule has 6 heterocycles. The quantitative estimate of drug-likeness (QED) is 0.248. The number of aromatic nitrogens is 7. The smallest absolute Gasteiger partial charge is 0.228 e. The highest BCUT2D eigenvalue weighted by atomic mass is 32.1. The Bertz CT molecular complexity index is 1940. The van der Waals surface area contributed by atoms with Gasteiger partial charge in [0.1, 0.15) is 16.9 Å². The molecule has 0 aliphatic heterocycles. The zero-order chi connectivity index (χ0) is 26.2.